The van der Waals surface area contributed by atoms with Gasteiger partial charge in [0.25, 0.3) is 0 Å². The molecule has 3 aromatic carbocycles. The molecule has 3 aromatic rings. The van der Waals surface area contributed by atoms with Gasteiger partial charge in [0.1, 0.15) is 12.8 Å². The number of aliphatic hydroxyl groups excluding tert-OH is 2. The van der Waals surface area contributed by atoms with E-state index in [1.165, 1.54) is 30.2 Å². The van der Waals surface area contributed by atoms with Gasteiger partial charge in [0, 0.05) is 23.3 Å². The highest BCUT2D eigenvalue weighted by Gasteiger charge is 2.80. The lowest BCUT2D eigenvalue weighted by molar-refractivity contribution is -0.248. The number of hydrogen-bond donors (Lipinski definition) is 2. The highest BCUT2D eigenvalue weighted by molar-refractivity contribution is 6.01. The number of allylic oxidation sites excluding steroid dienone is 5. The van der Waals surface area contributed by atoms with E-state index in [2.05, 4.69) is 44.5 Å². The summed E-state index contributed by atoms with van der Waals surface area (Å²) in [5.41, 5.74) is -3.49. The second-order valence-corrected chi connectivity index (χ2v) is 22.4. The zero-order valence-electron chi connectivity index (χ0n) is 46.6. The number of rotatable bonds is 17. The number of Topliss-reactive ketones (excluding diaryl/α,β-unsaturated/α-hetero) is 1. The number of alkyl halides is 2. The summed E-state index contributed by atoms with van der Waals surface area (Å²) in [5, 5.41) is 31.4. The fourth-order valence-corrected chi connectivity index (χ4v) is 13.4. The number of ketones is 2. The van der Waals surface area contributed by atoms with Gasteiger partial charge in [-0.05, 0) is 162 Å². The van der Waals surface area contributed by atoms with E-state index in [9.17, 15) is 25.1 Å². The first kappa shape index (κ1) is 58.8. The average molecular weight is 1070 g/mol. The van der Waals surface area contributed by atoms with Crippen molar-refractivity contribution in [2.45, 2.75) is 127 Å². The normalized spacial score (nSPS) is 29.6. The van der Waals surface area contributed by atoms with Crippen molar-refractivity contribution in [3.05, 3.63) is 108 Å². The monoisotopic (exact) mass is 1070 g/mol. The van der Waals surface area contributed by atoms with Gasteiger partial charge in [-0.3, -0.25) is 9.59 Å². The maximum absolute atomic E-state index is 17.1. The van der Waals surface area contributed by atoms with E-state index in [-0.39, 0.29) is 30.8 Å². The van der Waals surface area contributed by atoms with Crippen molar-refractivity contribution in [3.63, 3.8) is 0 Å². The molecule has 0 aromatic heterocycles. The van der Waals surface area contributed by atoms with Crippen LogP contribution in [-0.4, -0.2) is 124 Å². The molecule has 0 radical (unpaired) electrons. The van der Waals surface area contributed by atoms with Crippen molar-refractivity contribution >= 4 is 11.6 Å². The molecule has 2 aliphatic heterocycles. The number of hydrogen-bond acceptors (Lipinski definition) is 14. The first-order valence-electron chi connectivity index (χ1n) is 26.5. The number of aliphatic hydroxyl groups is 2. The van der Waals surface area contributed by atoms with E-state index < -0.39 is 81.7 Å². The minimum absolute atomic E-state index is 0.0550. The Hall–Kier alpha value is -5.83. The summed E-state index contributed by atoms with van der Waals surface area (Å²) < 4.78 is 76.8. The number of halogens is 2. The van der Waals surface area contributed by atoms with Gasteiger partial charge in [-0.2, -0.15) is 5.26 Å². The first-order chi connectivity index (χ1) is 36.5. The maximum Gasteiger partial charge on any atom is 0.231 e. The number of benzene rings is 3. The molecule has 1 saturated heterocycles. The molecule has 0 spiro atoms. The molecule has 4 aliphatic carbocycles. The lowest BCUT2D eigenvalue weighted by Crippen LogP contribution is -2.71. The van der Waals surface area contributed by atoms with Gasteiger partial charge in [0.15, 0.2) is 63.1 Å². The highest BCUT2D eigenvalue weighted by Crippen LogP contribution is 2.72. The number of ether oxygens (including phenoxy) is 8. The molecule has 9 rings (SSSR count). The highest BCUT2D eigenvalue weighted by atomic mass is 19.1. The van der Waals surface area contributed by atoms with Crippen molar-refractivity contribution in [1.29, 1.82) is 5.26 Å². The largest absolute Gasteiger partial charge is 0.493 e. The number of nitriles is 1. The maximum atomic E-state index is 17.1. The number of methoxy groups -OCH3 is 4. The summed E-state index contributed by atoms with van der Waals surface area (Å²) >= 11 is 0. The van der Waals surface area contributed by atoms with Crippen LogP contribution in [0, 0.1) is 39.9 Å². The van der Waals surface area contributed by atoms with Crippen LogP contribution in [0.5, 0.6) is 34.5 Å². The summed E-state index contributed by atoms with van der Waals surface area (Å²) in [4.78, 5) is 27.4. The molecule has 0 bridgehead atoms. The quantitative estimate of drug-likeness (QED) is 0.122. The van der Waals surface area contributed by atoms with Crippen molar-refractivity contribution in [2.24, 2.45) is 28.6 Å². The zero-order valence-corrected chi connectivity index (χ0v) is 46.6. The van der Waals surface area contributed by atoms with E-state index in [0.29, 0.717) is 18.3 Å². The van der Waals surface area contributed by atoms with Gasteiger partial charge < -0.3 is 53.0 Å². The Kier molecular flexibility index (Phi) is 17.8. The summed E-state index contributed by atoms with van der Waals surface area (Å²) in [7, 11) is 8.67. The average Bonchev–Trinajstić information content (AvgIpc) is 4.23. The Morgan fingerprint density at radius 2 is 1.57 bits per heavy atom. The van der Waals surface area contributed by atoms with E-state index in [4.69, 9.17) is 37.9 Å². The van der Waals surface area contributed by atoms with Gasteiger partial charge in [-0.1, -0.05) is 51.1 Å². The Morgan fingerprint density at radius 1 is 0.922 bits per heavy atom. The van der Waals surface area contributed by atoms with Crippen LogP contribution < -0.4 is 28.4 Å². The molecule has 10 atom stereocenters. The number of fused-ring (bicyclic) bond motifs is 8. The van der Waals surface area contributed by atoms with E-state index in [1.54, 1.807) is 49.2 Å². The standard InChI is InChI=1S/C27H38N2O4.C24H30F2O6.C10H10O2/c1-20(2)27(19-28,22-10-12-24(31-5)26(18-22)33-7)14-8-15-29(3)16-13-21-9-11-23(30-4)25(17-21)32-6;1-20(2)31-19-9-13-14-8-16(25)15-7-12(28)5-6-21(15,3)23(14,26)17(29)10-22(13,4)24(19,32-20)18(30)11-27;1-2-3-8-4-5-9-10(6-8)12-7-11-9/h9-12,17-18,20H,8,13-16H2,1-7H3;5-7,13-14,16-17,19,27,29H,8-11H2,1-4H3;2,4-6H,1,3,7H2/t;13-,14-,16-,17-,19+,21-,22-,23-,24+;/m.0./s1. The first-order valence-corrected chi connectivity index (χ1v) is 26.5. The van der Waals surface area contributed by atoms with Crippen molar-refractivity contribution in [1.82, 2.24) is 4.90 Å². The lowest BCUT2D eigenvalue weighted by atomic mass is 9.44. The van der Waals surface area contributed by atoms with Crippen molar-refractivity contribution in [2.75, 3.05) is 62.0 Å². The van der Waals surface area contributed by atoms with Gasteiger partial charge in [0.05, 0.1) is 52.1 Å². The summed E-state index contributed by atoms with van der Waals surface area (Å²) in [6.07, 6.45) is 5.20. The molecular weight excluding hydrogens is 991 g/mol. The molecule has 2 heterocycles. The van der Waals surface area contributed by atoms with Gasteiger partial charge in [0.2, 0.25) is 6.79 Å². The Bertz CT molecular complexity index is 2760. The molecule has 0 amide bonds. The van der Waals surface area contributed by atoms with E-state index >= 15 is 8.78 Å². The van der Waals surface area contributed by atoms with Gasteiger partial charge in [-0.25, -0.2) is 8.78 Å². The lowest BCUT2D eigenvalue weighted by Gasteiger charge is -2.63. The van der Waals surface area contributed by atoms with Crippen molar-refractivity contribution in [3.8, 4) is 40.6 Å². The molecule has 4 fully saturated rings. The molecule has 6 aliphatic rings. The topological polar surface area (TPSA) is 175 Å². The summed E-state index contributed by atoms with van der Waals surface area (Å²) in [5.74, 6) is 1.13. The Morgan fingerprint density at radius 3 is 2.21 bits per heavy atom. The van der Waals surface area contributed by atoms with Crippen LogP contribution >= 0.6 is 0 Å². The summed E-state index contributed by atoms with van der Waals surface area (Å²) in [6, 6.07) is 20.5. The second-order valence-electron chi connectivity index (χ2n) is 22.4. The summed E-state index contributed by atoms with van der Waals surface area (Å²) in [6.45, 7) is 16.0. The number of carbonyl (C=O) groups excluding carboxylic acids is 2. The van der Waals surface area contributed by atoms with Crippen LogP contribution in [0.4, 0.5) is 8.78 Å². The molecule has 14 nitrogen and oxygen atoms in total. The van der Waals surface area contributed by atoms with Gasteiger partial charge in [-0.15, -0.1) is 6.58 Å². The Balaban J connectivity index is 0.000000184. The van der Waals surface area contributed by atoms with Crippen molar-refractivity contribution < 1.29 is 66.5 Å². The van der Waals surface area contributed by atoms with Crippen LogP contribution in [0.3, 0.4) is 0 Å². The molecule has 1 unspecified atom stereocenters. The van der Waals surface area contributed by atoms with Crippen LogP contribution in [0.1, 0.15) is 90.3 Å². The molecule has 2 N–H and O–H groups in total. The van der Waals surface area contributed by atoms with Gasteiger partial charge >= 0.3 is 0 Å². The number of likely N-dealkylation sites (N-methyl/N-ethyl adjacent to an activating group) is 1. The van der Waals surface area contributed by atoms with Crippen LogP contribution in [-0.2, 0) is 37.3 Å². The zero-order chi connectivity index (χ0) is 56.3. The van der Waals surface area contributed by atoms with E-state index in [1.807, 2.05) is 54.6 Å². The molecule has 16 heteroatoms. The van der Waals surface area contributed by atoms with E-state index in [0.717, 1.165) is 73.4 Å². The van der Waals surface area contributed by atoms with Crippen LogP contribution in [0.25, 0.3) is 0 Å². The van der Waals surface area contributed by atoms with Crippen LogP contribution in [0.2, 0.25) is 0 Å². The number of carbonyl (C=O) groups is 2. The predicted octanol–water partition coefficient (Wildman–Crippen LogP) is 9.60. The predicted molar refractivity (Wildman–Crippen MR) is 287 cm³/mol. The number of nitrogens with zero attached hydrogens (tertiary/aromatic N) is 2. The minimum Gasteiger partial charge on any atom is -0.493 e. The minimum atomic E-state index is -2.24. The third-order valence-electron chi connectivity index (χ3n) is 17.4. The smallest absolute Gasteiger partial charge is 0.231 e. The van der Waals surface area contributed by atoms with Crippen LogP contribution in [0.15, 0.2) is 91.1 Å². The molecule has 77 heavy (non-hydrogen) atoms. The molecule has 418 valence electrons. The second kappa shape index (κ2) is 23.2. The fraction of sp³-hybridized carbons (Fsp3) is 0.557. The SMILES string of the molecule is C=CCc1ccc2c(c1)OCO2.CC1(C)O[C@@H]2C[C@H]3[C@@H]4C[C@H](F)C5=CC(=O)C=C[C@]5(C)[C@@]4(F)[C@@H](O)C[C@]3(C)[C@]2(C(=O)CO)O1.COc1ccc(CCN(C)CCCC(C#N)(c2ccc(OC)c(OC)c2)C(C)C)cc1OC. The fourth-order valence-electron chi connectivity index (χ4n) is 13.4. The molecule has 3 saturated carbocycles. The Labute approximate surface area is 452 Å². The third-order valence-corrected chi connectivity index (χ3v) is 17.4. The molecular formula is C61H78F2N2O12. The third kappa shape index (κ3) is 10.6.